The molecule has 0 aliphatic carbocycles. The molecular formula is C14H20N2O5. The van der Waals surface area contributed by atoms with Crippen LogP contribution in [0.2, 0.25) is 0 Å². The minimum atomic E-state index is -1.47. The average Bonchev–Trinajstić information content (AvgIpc) is 2.47. The predicted molar refractivity (Wildman–Crippen MR) is 76.1 cm³/mol. The summed E-state index contributed by atoms with van der Waals surface area (Å²) in [6.45, 7) is 0.444. The Morgan fingerprint density at radius 1 is 1.38 bits per heavy atom. The van der Waals surface area contributed by atoms with Crippen LogP contribution in [0, 0.1) is 0 Å². The summed E-state index contributed by atoms with van der Waals surface area (Å²) >= 11 is 0. The highest BCUT2D eigenvalue weighted by atomic mass is 16.5. The van der Waals surface area contributed by atoms with Gasteiger partial charge in [-0.3, -0.25) is 0 Å². The van der Waals surface area contributed by atoms with E-state index in [1.54, 1.807) is 14.2 Å². The van der Waals surface area contributed by atoms with Crippen molar-refractivity contribution >= 4 is 12.0 Å². The quantitative estimate of drug-likeness (QED) is 0.687. The van der Waals surface area contributed by atoms with Crippen LogP contribution in [-0.2, 0) is 11.3 Å². The molecule has 0 radical (unpaired) electrons. The number of carbonyl (C=O) groups is 2. The van der Waals surface area contributed by atoms with E-state index in [-0.39, 0.29) is 19.0 Å². The molecule has 1 rings (SSSR count). The Morgan fingerprint density at radius 3 is 2.67 bits per heavy atom. The summed E-state index contributed by atoms with van der Waals surface area (Å²) in [5, 5.41) is 20.2. The number of nitrogens with one attached hydrogen (secondary N) is 1. The first-order chi connectivity index (χ1) is 9.95. The Bertz CT molecular complexity index is 492. The van der Waals surface area contributed by atoms with E-state index in [2.05, 4.69) is 5.32 Å². The minimum Gasteiger partial charge on any atom is -0.496 e. The van der Waals surface area contributed by atoms with Gasteiger partial charge in [-0.15, -0.1) is 0 Å². The van der Waals surface area contributed by atoms with Crippen LogP contribution in [0.3, 0.4) is 0 Å². The van der Waals surface area contributed by atoms with E-state index in [0.717, 1.165) is 5.56 Å². The van der Waals surface area contributed by atoms with E-state index in [1.165, 1.54) is 4.90 Å². The molecule has 0 bridgehead atoms. The molecule has 3 N–H and O–H groups in total. The van der Waals surface area contributed by atoms with Gasteiger partial charge in [0.05, 0.1) is 13.7 Å². The van der Waals surface area contributed by atoms with Crippen molar-refractivity contribution in [3.05, 3.63) is 29.8 Å². The smallest absolute Gasteiger partial charge is 0.332 e. The third-order valence-corrected chi connectivity index (χ3v) is 2.93. The van der Waals surface area contributed by atoms with Crippen molar-refractivity contribution in [3.8, 4) is 5.75 Å². The van der Waals surface area contributed by atoms with Crippen LogP contribution in [0.15, 0.2) is 24.3 Å². The van der Waals surface area contributed by atoms with Crippen LogP contribution in [0.25, 0.3) is 0 Å². The number of carboxylic acid groups (broad SMARTS) is 1. The molecule has 0 aliphatic rings. The van der Waals surface area contributed by atoms with Crippen molar-refractivity contribution < 1.29 is 24.5 Å². The molecular weight excluding hydrogens is 276 g/mol. The number of ether oxygens (including phenoxy) is 1. The van der Waals surface area contributed by atoms with E-state index < -0.39 is 12.1 Å². The molecule has 0 fully saturated rings. The summed E-state index contributed by atoms with van der Waals surface area (Å²) in [7, 11) is 3.18. The Morgan fingerprint density at radius 2 is 2.05 bits per heavy atom. The normalized spacial score (nSPS) is 11.6. The molecule has 0 aliphatic heterocycles. The minimum absolute atomic E-state index is 0.0381. The topological polar surface area (TPSA) is 99.1 Å². The van der Waals surface area contributed by atoms with Crippen molar-refractivity contribution in [3.63, 3.8) is 0 Å². The molecule has 7 heteroatoms. The van der Waals surface area contributed by atoms with Crippen molar-refractivity contribution in [1.29, 1.82) is 0 Å². The number of aliphatic carboxylic acids is 1. The molecule has 116 valence electrons. The number of rotatable bonds is 7. The number of hydrogen-bond acceptors (Lipinski definition) is 4. The highest BCUT2D eigenvalue weighted by Gasteiger charge is 2.15. The van der Waals surface area contributed by atoms with Crippen LogP contribution in [0.5, 0.6) is 5.75 Å². The summed E-state index contributed by atoms with van der Waals surface area (Å²) in [5.74, 6) is -0.606. The van der Waals surface area contributed by atoms with Gasteiger partial charge in [0.25, 0.3) is 0 Å². The van der Waals surface area contributed by atoms with Gasteiger partial charge in [-0.2, -0.15) is 0 Å². The largest absolute Gasteiger partial charge is 0.496 e. The SMILES string of the molecule is COc1ccccc1CN(C)C(=O)NCCC(O)C(=O)O. The van der Waals surface area contributed by atoms with Gasteiger partial charge < -0.3 is 25.2 Å². The highest BCUT2D eigenvalue weighted by molar-refractivity contribution is 5.74. The van der Waals surface area contributed by atoms with Gasteiger partial charge in [-0.05, 0) is 6.07 Å². The van der Waals surface area contributed by atoms with Crippen molar-refractivity contribution in [2.75, 3.05) is 20.7 Å². The lowest BCUT2D eigenvalue weighted by Crippen LogP contribution is -2.38. The molecule has 1 aromatic carbocycles. The van der Waals surface area contributed by atoms with Gasteiger partial charge in [0.2, 0.25) is 0 Å². The molecule has 1 unspecified atom stereocenters. The average molecular weight is 296 g/mol. The second-order valence-electron chi connectivity index (χ2n) is 4.54. The van der Waals surface area contributed by atoms with Gasteiger partial charge in [0, 0.05) is 25.6 Å². The first-order valence-electron chi connectivity index (χ1n) is 6.47. The molecule has 0 saturated carbocycles. The van der Waals surface area contributed by atoms with Crippen LogP contribution in [-0.4, -0.2) is 53.9 Å². The van der Waals surface area contributed by atoms with Gasteiger partial charge in [-0.25, -0.2) is 9.59 Å². The zero-order valence-electron chi connectivity index (χ0n) is 12.1. The van der Waals surface area contributed by atoms with Crippen LogP contribution in [0.4, 0.5) is 4.79 Å². The summed E-state index contributed by atoms with van der Waals surface area (Å²) in [5.41, 5.74) is 0.864. The maximum absolute atomic E-state index is 11.8. The van der Waals surface area contributed by atoms with Crippen molar-refractivity contribution in [2.24, 2.45) is 0 Å². The van der Waals surface area contributed by atoms with Gasteiger partial charge in [0.15, 0.2) is 6.10 Å². The zero-order valence-corrected chi connectivity index (χ0v) is 12.1. The third kappa shape index (κ3) is 5.31. The molecule has 0 spiro atoms. The number of benzene rings is 1. The van der Waals surface area contributed by atoms with Gasteiger partial charge in [0.1, 0.15) is 5.75 Å². The van der Waals surface area contributed by atoms with Crippen molar-refractivity contribution in [2.45, 2.75) is 19.1 Å². The van der Waals surface area contributed by atoms with E-state index in [4.69, 9.17) is 14.9 Å². The number of methoxy groups -OCH3 is 1. The lowest BCUT2D eigenvalue weighted by molar-refractivity contribution is -0.146. The number of carboxylic acids is 1. The summed E-state index contributed by atoms with van der Waals surface area (Å²) in [6, 6.07) is 7.02. The number of aliphatic hydroxyl groups is 1. The predicted octanol–water partition coefficient (Wildman–Crippen LogP) is 0.672. The number of hydrogen-bond donors (Lipinski definition) is 3. The van der Waals surface area contributed by atoms with Gasteiger partial charge in [-0.1, -0.05) is 18.2 Å². The second kappa shape index (κ2) is 8.11. The second-order valence-corrected chi connectivity index (χ2v) is 4.54. The molecule has 1 atom stereocenters. The summed E-state index contributed by atoms with van der Waals surface area (Å²) in [4.78, 5) is 23.7. The molecule has 7 nitrogen and oxygen atoms in total. The monoisotopic (exact) mass is 296 g/mol. The molecule has 1 aromatic rings. The van der Waals surface area contributed by atoms with Gasteiger partial charge >= 0.3 is 12.0 Å². The Kier molecular flexibility index (Phi) is 6.48. The maximum Gasteiger partial charge on any atom is 0.332 e. The number of para-hydroxylation sites is 1. The van der Waals surface area contributed by atoms with E-state index in [1.807, 2.05) is 24.3 Å². The zero-order chi connectivity index (χ0) is 15.8. The fraction of sp³-hybridized carbons (Fsp3) is 0.429. The fourth-order valence-electron chi connectivity index (χ4n) is 1.74. The van der Waals surface area contributed by atoms with Crippen LogP contribution in [0.1, 0.15) is 12.0 Å². The molecule has 2 amide bonds. The number of carbonyl (C=O) groups excluding carboxylic acids is 1. The molecule has 0 aromatic heterocycles. The van der Waals surface area contributed by atoms with Crippen molar-refractivity contribution in [1.82, 2.24) is 10.2 Å². The standard InChI is InChI=1S/C14H20N2O5/c1-16(9-10-5-3-4-6-12(10)21-2)14(20)15-8-7-11(17)13(18)19/h3-6,11,17H,7-9H2,1-2H3,(H,15,20)(H,18,19). The van der Waals surface area contributed by atoms with E-state index >= 15 is 0 Å². The Labute approximate surface area is 123 Å². The summed E-state index contributed by atoms with van der Waals surface area (Å²) < 4.78 is 5.21. The number of aliphatic hydroxyl groups excluding tert-OH is 1. The highest BCUT2D eigenvalue weighted by Crippen LogP contribution is 2.18. The number of nitrogens with zero attached hydrogens (tertiary/aromatic N) is 1. The molecule has 0 heterocycles. The first kappa shape index (κ1) is 16.8. The first-order valence-corrected chi connectivity index (χ1v) is 6.47. The summed E-state index contributed by atoms with van der Waals surface area (Å²) in [6.07, 6.45) is -1.51. The molecule has 0 saturated heterocycles. The Balaban J connectivity index is 2.46. The fourth-order valence-corrected chi connectivity index (χ4v) is 1.74. The van der Waals surface area contributed by atoms with Crippen LogP contribution < -0.4 is 10.1 Å². The lowest BCUT2D eigenvalue weighted by Gasteiger charge is -2.19. The van der Waals surface area contributed by atoms with E-state index in [0.29, 0.717) is 12.3 Å². The number of amides is 2. The van der Waals surface area contributed by atoms with E-state index in [9.17, 15) is 9.59 Å². The third-order valence-electron chi connectivity index (χ3n) is 2.93. The Hall–Kier alpha value is -2.28. The number of urea groups is 1. The van der Waals surface area contributed by atoms with Crippen LogP contribution >= 0.6 is 0 Å². The lowest BCUT2D eigenvalue weighted by atomic mass is 10.2. The molecule has 21 heavy (non-hydrogen) atoms. The maximum atomic E-state index is 11.8.